The summed E-state index contributed by atoms with van der Waals surface area (Å²) in [6.45, 7) is 6.76. The van der Waals surface area contributed by atoms with Gasteiger partial charge in [-0.2, -0.15) is 0 Å². The van der Waals surface area contributed by atoms with Gasteiger partial charge in [0.25, 0.3) is 0 Å². The van der Waals surface area contributed by atoms with Crippen molar-refractivity contribution >= 4 is 5.78 Å². The quantitative estimate of drug-likeness (QED) is 0.623. The van der Waals surface area contributed by atoms with Gasteiger partial charge in [0, 0.05) is 12.8 Å². The SMILES string of the molecule is CC(C)C1CC1.CC1CCCC(=O)C1. The maximum atomic E-state index is 10.7. The summed E-state index contributed by atoms with van der Waals surface area (Å²) in [5.41, 5.74) is 0. The molecule has 1 atom stereocenters. The number of carbonyl (C=O) groups is 1. The second-order valence-electron chi connectivity index (χ2n) is 5.32. The Hall–Kier alpha value is -0.330. The van der Waals surface area contributed by atoms with E-state index in [2.05, 4.69) is 20.8 Å². The fourth-order valence-electron chi connectivity index (χ4n) is 2.00. The van der Waals surface area contributed by atoms with Crippen molar-refractivity contribution in [3.63, 3.8) is 0 Å². The Balaban J connectivity index is 0.000000146. The molecule has 2 fully saturated rings. The molecule has 0 amide bonds. The first kappa shape index (κ1) is 11.7. The fraction of sp³-hybridized carbons (Fsp3) is 0.923. The maximum Gasteiger partial charge on any atom is 0.133 e. The van der Waals surface area contributed by atoms with Crippen LogP contribution in [0.5, 0.6) is 0 Å². The largest absolute Gasteiger partial charge is 0.300 e. The lowest BCUT2D eigenvalue weighted by atomic mass is 9.90. The van der Waals surface area contributed by atoms with Crippen LogP contribution >= 0.6 is 0 Å². The standard InChI is InChI=1S/C7H12O.C6H12/c1-6-3-2-4-7(8)5-6;1-5(2)6-3-4-6/h6H,2-5H2,1H3;5-6H,3-4H2,1-2H3. The average molecular weight is 196 g/mol. The van der Waals surface area contributed by atoms with Gasteiger partial charge in [-0.15, -0.1) is 0 Å². The van der Waals surface area contributed by atoms with Gasteiger partial charge in [0.05, 0.1) is 0 Å². The first-order chi connectivity index (χ1) is 6.59. The van der Waals surface area contributed by atoms with Crippen molar-refractivity contribution in [3.05, 3.63) is 0 Å². The summed E-state index contributed by atoms with van der Waals surface area (Å²) in [6, 6.07) is 0. The summed E-state index contributed by atoms with van der Waals surface area (Å²) < 4.78 is 0. The summed E-state index contributed by atoms with van der Waals surface area (Å²) in [4.78, 5) is 10.7. The minimum Gasteiger partial charge on any atom is -0.300 e. The van der Waals surface area contributed by atoms with Crippen LogP contribution in [0.4, 0.5) is 0 Å². The van der Waals surface area contributed by atoms with E-state index in [9.17, 15) is 4.79 Å². The third-order valence-corrected chi connectivity index (χ3v) is 3.29. The van der Waals surface area contributed by atoms with Crippen LogP contribution in [0, 0.1) is 17.8 Å². The Morgan fingerprint density at radius 2 is 1.86 bits per heavy atom. The van der Waals surface area contributed by atoms with Crippen LogP contribution < -0.4 is 0 Å². The maximum absolute atomic E-state index is 10.7. The van der Waals surface area contributed by atoms with E-state index in [1.807, 2.05) is 0 Å². The number of ketones is 1. The Kier molecular flexibility index (Phi) is 4.64. The van der Waals surface area contributed by atoms with Crippen molar-refractivity contribution in [1.29, 1.82) is 0 Å². The zero-order chi connectivity index (χ0) is 10.6. The highest BCUT2D eigenvalue weighted by Crippen LogP contribution is 2.35. The Labute approximate surface area is 88.3 Å². The Morgan fingerprint density at radius 3 is 2.07 bits per heavy atom. The number of Topliss-reactive ketones (excluding diaryl/α,β-unsaturated/α-hetero) is 1. The molecule has 2 saturated carbocycles. The van der Waals surface area contributed by atoms with Crippen LogP contribution in [-0.2, 0) is 4.79 Å². The lowest BCUT2D eigenvalue weighted by molar-refractivity contribution is -0.121. The van der Waals surface area contributed by atoms with Gasteiger partial charge in [0.2, 0.25) is 0 Å². The molecule has 1 heteroatoms. The van der Waals surface area contributed by atoms with E-state index >= 15 is 0 Å². The molecule has 2 aliphatic rings. The first-order valence-electron chi connectivity index (χ1n) is 6.11. The zero-order valence-electron chi connectivity index (χ0n) is 9.88. The van der Waals surface area contributed by atoms with E-state index in [4.69, 9.17) is 0 Å². The van der Waals surface area contributed by atoms with Crippen LogP contribution in [0.15, 0.2) is 0 Å². The molecule has 0 aromatic heterocycles. The van der Waals surface area contributed by atoms with Gasteiger partial charge in [0.1, 0.15) is 5.78 Å². The van der Waals surface area contributed by atoms with Gasteiger partial charge in [0.15, 0.2) is 0 Å². The molecule has 0 saturated heterocycles. The highest BCUT2D eigenvalue weighted by atomic mass is 16.1. The lowest BCUT2D eigenvalue weighted by Gasteiger charge is -2.14. The first-order valence-corrected chi connectivity index (χ1v) is 6.11. The van der Waals surface area contributed by atoms with Gasteiger partial charge in [-0.05, 0) is 43.4 Å². The van der Waals surface area contributed by atoms with Crippen LogP contribution in [0.25, 0.3) is 0 Å². The van der Waals surface area contributed by atoms with E-state index in [1.165, 1.54) is 19.3 Å². The topological polar surface area (TPSA) is 17.1 Å². The molecule has 0 heterocycles. The van der Waals surface area contributed by atoms with Gasteiger partial charge < -0.3 is 0 Å². The van der Waals surface area contributed by atoms with Gasteiger partial charge in [-0.3, -0.25) is 4.79 Å². The summed E-state index contributed by atoms with van der Waals surface area (Å²) in [7, 11) is 0. The minimum absolute atomic E-state index is 0.462. The van der Waals surface area contributed by atoms with Crippen LogP contribution in [-0.4, -0.2) is 5.78 Å². The smallest absolute Gasteiger partial charge is 0.133 e. The molecule has 1 nitrogen and oxygen atoms in total. The number of carbonyl (C=O) groups excluding carboxylic acids is 1. The Bertz CT molecular complexity index is 180. The fourth-order valence-corrected chi connectivity index (χ4v) is 2.00. The zero-order valence-corrected chi connectivity index (χ0v) is 9.88. The predicted octanol–water partition coefficient (Wildman–Crippen LogP) is 3.82. The lowest BCUT2D eigenvalue weighted by Crippen LogP contribution is -2.11. The molecule has 0 radical (unpaired) electrons. The van der Waals surface area contributed by atoms with E-state index < -0.39 is 0 Å². The average Bonchev–Trinajstić information content (AvgIpc) is 2.85. The normalized spacial score (nSPS) is 27.1. The van der Waals surface area contributed by atoms with Gasteiger partial charge in [-0.1, -0.05) is 20.8 Å². The van der Waals surface area contributed by atoms with Gasteiger partial charge >= 0.3 is 0 Å². The van der Waals surface area contributed by atoms with Crippen molar-refractivity contribution in [2.75, 3.05) is 0 Å². The third-order valence-electron chi connectivity index (χ3n) is 3.29. The summed E-state index contributed by atoms with van der Waals surface area (Å²) in [5.74, 6) is 3.19. The molecule has 0 N–H and O–H groups in total. The summed E-state index contributed by atoms with van der Waals surface area (Å²) in [5, 5.41) is 0. The van der Waals surface area contributed by atoms with Crippen molar-refractivity contribution in [3.8, 4) is 0 Å². The molecular formula is C13H24O. The molecule has 0 aromatic rings. The molecule has 2 aliphatic carbocycles. The molecule has 0 bridgehead atoms. The van der Waals surface area contributed by atoms with Crippen LogP contribution in [0.1, 0.15) is 59.3 Å². The summed E-state index contributed by atoms with van der Waals surface area (Å²) in [6.07, 6.45) is 7.05. The molecule has 0 aromatic carbocycles. The van der Waals surface area contributed by atoms with Crippen LogP contribution in [0.2, 0.25) is 0 Å². The molecule has 0 spiro atoms. The highest BCUT2D eigenvalue weighted by Gasteiger charge is 2.23. The minimum atomic E-state index is 0.462. The Morgan fingerprint density at radius 1 is 1.21 bits per heavy atom. The highest BCUT2D eigenvalue weighted by molar-refractivity contribution is 5.79. The number of hydrogen-bond donors (Lipinski definition) is 0. The number of hydrogen-bond acceptors (Lipinski definition) is 1. The van der Waals surface area contributed by atoms with E-state index in [-0.39, 0.29) is 0 Å². The second kappa shape index (κ2) is 5.53. The third kappa shape index (κ3) is 4.78. The van der Waals surface area contributed by atoms with Crippen LogP contribution in [0.3, 0.4) is 0 Å². The van der Waals surface area contributed by atoms with Crippen molar-refractivity contribution in [2.24, 2.45) is 17.8 Å². The molecule has 0 aliphatic heterocycles. The predicted molar refractivity (Wildman–Crippen MR) is 60.2 cm³/mol. The van der Waals surface area contributed by atoms with Crippen molar-refractivity contribution in [1.82, 2.24) is 0 Å². The molecule has 1 unspecified atom stereocenters. The number of rotatable bonds is 1. The van der Waals surface area contributed by atoms with Gasteiger partial charge in [-0.25, -0.2) is 0 Å². The molecular weight excluding hydrogens is 172 g/mol. The molecule has 14 heavy (non-hydrogen) atoms. The van der Waals surface area contributed by atoms with Crippen molar-refractivity contribution in [2.45, 2.75) is 59.3 Å². The van der Waals surface area contributed by atoms with Crippen molar-refractivity contribution < 1.29 is 4.79 Å². The van der Waals surface area contributed by atoms with E-state index in [0.29, 0.717) is 11.7 Å². The molecule has 2 rings (SSSR count). The second-order valence-corrected chi connectivity index (χ2v) is 5.32. The molecule has 82 valence electrons. The van der Waals surface area contributed by atoms with E-state index in [1.54, 1.807) is 0 Å². The monoisotopic (exact) mass is 196 g/mol. The summed E-state index contributed by atoms with van der Waals surface area (Å²) >= 11 is 0. The van der Waals surface area contributed by atoms with E-state index in [0.717, 1.165) is 31.1 Å².